The number of nitrogens with zero attached hydrogens (tertiary/aromatic N) is 5. The number of aliphatic hydroxyl groups excluding tert-OH is 1. The number of piperazine rings is 1. The van der Waals surface area contributed by atoms with Gasteiger partial charge in [0, 0.05) is 31.8 Å². The third kappa shape index (κ3) is 7.31. The van der Waals surface area contributed by atoms with Crippen molar-refractivity contribution in [1.82, 2.24) is 25.2 Å². The number of amides is 3. The largest absolute Gasteiger partial charge is 0.396 e. The fraction of sp³-hybridized carbons (Fsp3) is 0.455. The summed E-state index contributed by atoms with van der Waals surface area (Å²) in [5.74, 6) is -1.22. The molecule has 0 bridgehead atoms. The standard InChI is InChI=1S/C22H29Cl2N9O4/c1-26-20-29-21(28-15(6-9-34)13-4-2-3-5-14(13)24)31-22(30-20)32-7-8-33(18(36)10-23)16(12-32)19(37)27-11-17(25)35/h2-5,15-16,34H,6-12H2,1H3,(H2,25,35)(H,27,37)(H2,26,28,29,30,31). The predicted molar refractivity (Wildman–Crippen MR) is 140 cm³/mol. The summed E-state index contributed by atoms with van der Waals surface area (Å²) in [6.45, 7) is 0.0781. The number of anilines is 3. The Balaban J connectivity index is 1.88. The second-order valence-corrected chi connectivity index (χ2v) is 8.80. The Labute approximate surface area is 223 Å². The number of primary amides is 1. The number of hydrogen-bond donors (Lipinski definition) is 5. The van der Waals surface area contributed by atoms with Crippen molar-refractivity contribution < 1.29 is 19.5 Å². The van der Waals surface area contributed by atoms with Crippen molar-refractivity contribution in [2.24, 2.45) is 5.73 Å². The van der Waals surface area contributed by atoms with Crippen molar-refractivity contribution in [1.29, 1.82) is 0 Å². The molecule has 2 unspecified atom stereocenters. The van der Waals surface area contributed by atoms with Gasteiger partial charge < -0.3 is 36.6 Å². The highest BCUT2D eigenvalue weighted by atomic mass is 35.5. The molecule has 37 heavy (non-hydrogen) atoms. The van der Waals surface area contributed by atoms with Gasteiger partial charge in [-0.2, -0.15) is 15.0 Å². The molecule has 200 valence electrons. The molecule has 15 heteroatoms. The number of aliphatic hydroxyl groups is 1. The Morgan fingerprint density at radius 1 is 1.19 bits per heavy atom. The number of nitrogens with two attached hydrogens (primary N) is 1. The molecule has 13 nitrogen and oxygen atoms in total. The van der Waals surface area contributed by atoms with Gasteiger partial charge in [0.2, 0.25) is 35.6 Å². The van der Waals surface area contributed by atoms with Gasteiger partial charge in [-0.3, -0.25) is 14.4 Å². The summed E-state index contributed by atoms with van der Waals surface area (Å²) in [5.41, 5.74) is 5.91. The van der Waals surface area contributed by atoms with Crippen LogP contribution in [-0.2, 0) is 14.4 Å². The van der Waals surface area contributed by atoms with Crippen molar-refractivity contribution in [3.05, 3.63) is 34.9 Å². The van der Waals surface area contributed by atoms with Gasteiger partial charge in [0.25, 0.3) is 0 Å². The molecule has 0 radical (unpaired) electrons. The topological polar surface area (TPSA) is 179 Å². The van der Waals surface area contributed by atoms with Gasteiger partial charge in [0.1, 0.15) is 11.9 Å². The summed E-state index contributed by atoms with van der Waals surface area (Å²) in [5, 5.41) is 18.7. The molecule has 1 saturated heterocycles. The highest BCUT2D eigenvalue weighted by molar-refractivity contribution is 6.31. The molecule has 6 N–H and O–H groups in total. The van der Waals surface area contributed by atoms with Gasteiger partial charge in [0.05, 0.1) is 19.1 Å². The molecular formula is C22H29Cl2N9O4. The lowest BCUT2D eigenvalue weighted by Crippen LogP contribution is -2.61. The molecule has 2 atom stereocenters. The number of rotatable bonds is 11. The monoisotopic (exact) mass is 553 g/mol. The quantitative estimate of drug-likeness (QED) is 0.237. The minimum absolute atomic E-state index is 0.0460. The van der Waals surface area contributed by atoms with Gasteiger partial charge >= 0.3 is 0 Å². The molecule has 1 aliphatic rings. The van der Waals surface area contributed by atoms with Crippen molar-refractivity contribution in [3.63, 3.8) is 0 Å². The Bertz CT molecular complexity index is 1120. The second-order valence-electron chi connectivity index (χ2n) is 8.13. The van der Waals surface area contributed by atoms with E-state index in [0.29, 0.717) is 18.0 Å². The highest BCUT2D eigenvalue weighted by Crippen LogP contribution is 2.28. The van der Waals surface area contributed by atoms with Crippen molar-refractivity contribution in [3.8, 4) is 0 Å². The van der Waals surface area contributed by atoms with Gasteiger partial charge in [-0.15, -0.1) is 11.6 Å². The maximum atomic E-state index is 12.8. The SMILES string of the molecule is CNc1nc(NC(CCO)c2ccccc2Cl)nc(N2CCN(C(=O)CCl)C(C(=O)NCC(N)=O)C2)n1. The number of alkyl halides is 1. The predicted octanol–water partition coefficient (Wildman–Crippen LogP) is -0.0402. The Hall–Kier alpha value is -3.42. The first kappa shape index (κ1) is 28.2. The Morgan fingerprint density at radius 3 is 2.57 bits per heavy atom. The number of hydrogen-bond acceptors (Lipinski definition) is 10. The van der Waals surface area contributed by atoms with Gasteiger partial charge in [-0.05, 0) is 18.1 Å². The summed E-state index contributed by atoms with van der Waals surface area (Å²) in [6.07, 6.45) is 0.348. The van der Waals surface area contributed by atoms with Crippen LogP contribution in [0.4, 0.5) is 17.8 Å². The summed E-state index contributed by atoms with van der Waals surface area (Å²) in [4.78, 5) is 52.7. The van der Waals surface area contributed by atoms with E-state index < -0.39 is 23.8 Å². The smallest absolute Gasteiger partial charge is 0.245 e. The van der Waals surface area contributed by atoms with E-state index in [9.17, 15) is 19.5 Å². The van der Waals surface area contributed by atoms with Crippen LogP contribution in [0.25, 0.3) is 0 Å². The normalized spacial score (nSPS) is 16.2. The molecule has 3 rings (SSSR count). The lowest BCUT2D eigenvalue weighted by atomic mass is 10.0. The fourth-order valence-electron chi connectivity index (χ4n) is 3.89. The Morgan fingerprint density at radius 2 is 1.92 bits per heavy atom. The van der Waals surface area contributed by atoms with Crippen LogP contribution < -0.4 is 26.6 Å². The second kappa shape index (κ2) is 13.2. The van der Waals surface area contributed by atoms with Crippen molar-refractivity contribution in [2.45, 2.75) is 18.5 Å². The Kier molecular flexibility index (Phi) is 10.1. The van der Waals surface area contributed by atoms with E-state index in [4.69, 9.17) is 28.9 Å². The first-order valence-corrected chi connectivity index (χ1v) is 12.4. The van der Waals surface area contributed by atoms with Crippen LogP contribution in [-0.4, -0.2) is 94.4 Å². The van der Waals surface area contributed by atoms with E-state index in [1.165, 1.54) is 4.90 Å². The number of halogens is 2. The molecule has 1 aliphatic heterocycles. The summed E-state index contributed by atoms with van der Waals surface area (Å²) in [7, 11) is 1.65. The molecule has 0 aliphatic carbocycles. The molecule has 0 spiro atoms. The fourth-order valence-corrected chi connectivity index (χ4v) is 4.31. The molecule has 1 fully saturated rings. The van der Waals surface area contributed by atoms with E-state index >= 15 is 0 Å². The van der Waals surface area contributed by atoms with Crippen LogP contribution in [0, 0.1) is 0 Å². The first-order valence-electron chi connectivity index (χ1n) is 11.5. The van der Waals surface area contributed by atoms with Crippen LogP contribution in [0.3, 0.4) is 0 Å². The first-order chi connectivity index (χ1) is 17.8. The van der Waals surface area contributed by atoms with E-state index in [1.807, 2.05) is 18.2 Å². The van der Waals surface area contributed by atoms with Gasteiger partial charge in [0.15, 0.2) is 0 Å². The zero-order valence-corrected chi connectivity index (χ0v) is 21.7. The van der Waals surface area contributed by atoms with E-state index in [0.717, 1.165) is 5.56 Å². The average molecular weight is 554 g/mol. The molecule has 1 aromatic carbocycles. The molecule has 0 saturated carbocycles. The molecule has 1 aromatic heterocycles. The number of carbonyl (C=O) groups is 3. The van der Waals surface area contributed by atoms with Crippen LogP contribution in [0.2, 0.25) is 5.02 Å². The van der Waals surface area contributed by atoms with Crippen LogP contribution in [0.1, 0.15) is 18.0 Å². The van der Waals surface area contributed by atoms with Gasteiger partial charge in [-0.25, -0.2) is 0 Å². The van der Waals surface area contributed by atoms with Gasteiger partial charge in [-0.1, -0.05) is 29.8 Å². The molecule has 2 aromatic rings. The molecule has 2 heterocycles. The summed E-state index contributed by atoms with van der Waals surface area (Å²) >= 11 is 12.1. The number of carbonyl (C=O) groups excluding carboxylic acids is 3. The number of benzene rings is 1. The maximum absolute atomic E-state index is 12.8. The van der Waals surface area contributed by atoms with Crippen LogP contribution >= 0.6 is 23.2 Å². The maximum Gasteiger partial charge on any atom is 0.245 e. The zero-order chi connectivity index (χ0) is 26.9. The number of aromatic nitrogens is 3. The minimum atomic E-state index is -0.948. The molecular weight excluding hydrogens is 525 g/mol. The van der Waals surface area contributed by atoms with Crippen molar-refractivity contribution in [2.75, 3.05) is 61.2 Å². The van der Waals surface area contributed by atoms with E-state index in [-0.39, 0.29) is 56.0 Å². The van der Waals surface area contributed by atoms with Crippen LogP contribution in [0.5, 0.6) is 0 Å². The summed E-state index contributed by atoms with van der Waals surface area (Å²) < 4.78 is 0. The lowest BCUT2D eigenvalue weighted by molar-refractivity contribution is -0.139. The highest BCUT2D eigenvalue weighted by Gasteiger charge is 2.36. The molecule has 3 amide bonds. The van der Waals surface area contributed by atoms with Crippen LogP contribution in [0.15, 0.2) is 24.3 Å². The van der Waals surface area contributed by atoms with E-state index in [2.05, 4.69) is 30.9 Å². The average Bonchev–Trinajstić information content (AvgIpc) is 2.90. The lowest BCUT2D eigenvalue weighted by Gasteiger charge is -2.40. The number of nitrogens with one attached hydrogen (secondary N) is 3. The minimum Gasteiger partial charge on any atom is -0.396 e. The van der Waals surface area contributed by atoms with Crippen molar-refractivity contribution >= 4 is 58.8 Å². The third-order valence-corrected chi connectivity index (χ3v) is 6.26. The summed E-state index contributed by atoms with van der Waals surface area (Å²) in [6, 6.07) is 5.92. The zero-order valence-electron chi connectivity index (χ0n) is 20.2. The van der Waals surface area contributed by atoms with E-state index in [1.54, 1.807) is 18.0 Å². The third-order valence-electron chi connectivity index (χ3n) is 5.69.